The fourth-order valence-corrected chi connectivity index (χ4v) is 2.31. The maximum atomic E-state index is 9.11. The van der Waals surface area contributed by atoms with Gasteiger partial charge in [0.2, 0.25) is 0 Å². The molecule has 0 saturated heterocycles. The third-order valence-electron chi connectivity index (χ3n) is 2.71. The highest BCUT2D eigenvalue weighted by molar-refractivity contribution is 9.10. The van der Waals surface area contributed by atoms with E-state index in [1.807, 2.05) is 42.1 Å². The summed E-state index contributed by atoms with van der Waals surface area (Å²) in [5.74, 6) is 0. The third kappa shape index (κ3) is 2.12. The van der Waals surface area contributed by atoms with Crippen molar-refractivity contribution in [3.63, 3.8) is 0 Å². The highest BCUT2D eigenvalue weighted by Gasteiger charge is 2.13. The Kier molecular flexibility index (Phi) is 3.32. The third-order valence-corrected chi connectivity index (χ3v) is 3.66. The first kappa shape index (κ1) is 11.9. The first-order chi connectivity index (χ1) is 8.17. The molecule has 0 unspecified atom stereocenters. The second kappa shape index (κ2) is 4.74. The van der Waals surface area contributed by atoms with Crippen molar-refractivity contribution in [3.8, 4) is 17.2 Å². The molecule has 0 bridgehead atoms. The van der Waals surface area contributed by atoms with Crippen LogP contribution in [0.2, 0.25) is 0 Å². The van der Waals surface area contributed by atoms with E-state index in [2.05, 4.69) is 22.0 Å². The molecule has 0 aliphatic rings. The molecular weight excluding hydrogens is 278 g/mol. The molecule has 1 aromatic carbocycles. The minimum atomic E-state index is 0.529. The van der Waals surface area contributed by atoms with Crippen LogP contribution in [-0.4, -0.2) is 4.57 Å². The van der Waals surface area contributed by atoms with Gasteiger partial charge < -0.3 is 10.3 Å². The standard InChI is InChI=1S/C13H12BrN3/c1-17-8-11(7-16)12(13(17)14)10-4-2-9(6-15)3-5-10/h2-5,8H,6,15H2,1H3. The molecular formula is C13H12BrN3. The molecule has 0 atom stereocenters. The summed E-state index contributed by atoms with van der Waals surface area (Å²) in [7, 11) is 1.91. The average Bonchev–Trinajstić information content (AvgIpc) is 2.65. The number of nitrogens with zero attached hydrogens (tertiary/aromatic N) is 2. The van der Waals surface area contributed by atoms with Gasteiger partial charge in [0.25, 0.3) is 0 Å². The predicted molar refractivity (Wildman–Crippen MR) is 71.2 cm³/mol. The van der Waals surface area contributed by atoms with Crippen LogP contribution in [0.1, 0.15) is 11.1 Å². The Bertz CT molecular complexity index is 576. The van der Waals surface area contributed by atoms with Gasteiger partial charge in [0.15, 0.2) is 0 Å². The summed E-state index contributed by atoms with van der Waals surface area (Å²) in [5.41, 5.74) is 9.26. The second-order valence-electron chi connectivity index (χ2n) is 3.83. The number of nitrogens with two attached hydrogens (primary N) is 1. The Balaban J connectivity index is 2.56. The van der Waals surface area contributed by atoms with Gasteiger partial charge in [0, 0.05) is 25.4 Å². The maximum absolute atomic E-state index is 9.11. The minimum Gasteiger partial charge on any atom is -0.344 e. The fourth-order valence-electron chi connectivity index (χ4n) is 1.77. The number of aromatic nitrogens is 1. The van der Waals surface area contributed by atoms with Crippen molar-refractivity contribution in [2.45, 2.75) is 6.54 Å². The summed E-state index contributed by atoms with van der Waals surface area (Å²) >= 11 is 3.50. The molecule has 2 N–H and O–H groups in total. The Labute approximate surface area is 109 Å². The van der Waals surface area contributed by atoms with Crippen molar-refractivity contribution in [3.05, 3.63) is 46.2 Å². The molecule has 1 heterocycles. The molecule has 2 rings (SSSR count). The molecule has 1 aromatic heterocycles. The normalized spacial score (nSPS) is 10.2. The largest absolute Gasteiger partial charge is 0.344 e. The van der Waals surface area contributed by atoms with Crippen molar-refractivity contribution < 1.29 is 0 Å². The topological polar surface area (TPSA) is 54.7 Å². The first-order valence-corrected chi connectivity index (χ1v) is 6.01. The summed E-state index contributed by atoms with van der Waals surface area (Å²) in [5, 5.41) is 9.11. The fraction of sp³-hybridized carbons (Fsp3) is 0.154. The molecule has 0 amide bonds. The van der Waals surface area contributed by atoms with Crippen LogP contribution >= 0.6 is 15.9 Å². The highest BCUT2D eigenvalue weighted by Crippen LogP contribution is 2.32. The number of hydrogen-bond donors (Lipinski definition) is 1. The average molecular weight is 290 g/mol. The minimum absolute atomic E-state index is 0.529. The van der Waals surface area contributed by atoms with E-state index in [-0.39, 0.29) is 0 Å². The zero-order valence-corrected chi connectivity index (χ0v) is 11.0. The Morgan fingerprint density at radius 1 is 1.35 bits per heavy atom. The smallest absolute Gasteiger partial charge is 0.101 e. The molecule has 2 aromatic rings. The van der Waals surface area contributed by atoms with Gasteiger partial charge in [-0.15, -0.1) is 0 Å². The van der Waals surface area contributed by atoms with Crippen molar-refractivity contribution in [1.82, 2.24) is 4.57 Å². The van der Waals surface area contributed by atoms with E-state index in [0.717, 1.165) is 21.3 Å². The Hall–Kier alpha value is -1.57. The molecule has 0 saturated carbocycles. The van der Waals surface area contributed by atoms with Crippen LogP contribution in [-0.2, 0) is 13.6 Å². The summed E-state index contributed by atoms with van der Waals surface area (Å²) in [6.07, 6.45) is 1.82. The summed E-state index contributed by atoms with van der Waals surface area (Å²) < 4.78 is 2.81. The molecule has 0 aliphatic carbocycles. The summed E-state index contributed by atoms with van der Waals surface area (Å²) in [4.78, 5) is 0. The molecule has 0 aliphatic heterocycles. The van der Waals surface area contributed by atoms with Gasteiger partial charge >= 0.3 is 0 Å². The van der Waals surface area contributed by atoms with E-state index < -0.39 is 0 Å². The van der Waals surface area contributed by atoms with Gasteiger partial charge in [-0.2, -0.15) is 5.26 Å². The number of benzene rings is 1. The molecule has 86 valence electrons. The van der Waals surface area contributed by atoms with Gasteiger partial charge in [0.05, 0.1) is 10.2 Å². The van der Waals surface area contributed by atoms with Gasteiger partial charge in [-0.25, -0.2) is 0 Å². The van der Waals surface area contributed by atoms with Crippen molar-refractivity contribution >= 4 is 15.9 Å². The predicted octanol–water partition coefficient (Wildman–Crippen LogP) is 2.78. The highest BCUT2D eigenvalue weighted by atomic mass is 79.9. The van der Waals surface area contributed by atoms with Crippen LogP contribution in [0.15, 0.2) is 35.1 Å². The molecule has 17 heavy (non-hydrogen) atoms. The molecule has 0 spiro atoms. The zero-order chi connectivity index (χ0) is 12.4. The van der Waals surface area contributed by atoms with Gasteiger partial charge in [-0.1, -0.05) is 24.3 Å². The lowest BCUT2D eigenvalue weighted by atomic mass is 10.0. The van der Waals surface area contributed by atoms with Crippen LogP contribution in [0.5, 0.6) is 0 Å². The van der Waals surface area contributed by atoms with Crippen molar-refractivity contribution in [2.75, 3.05) is 0 Å². The lowest BCUT2D eigenvalue weighted by Crippen LogP contribution is -1.95. The SMILES string of the molecule is Cn1cc(C#N)c(-c2ccc(CN)cc2)c1Br. The second-order valence-corrected chi connectivity index (χ2v) is 4.58. The van der Waals surface area contributed by atoms with E-state index >= 15 is 0 Å². The van der Waals surface area contributed by atoms with Crippen LogP contribution in [0.3, 0.4) is 0 Å². The first-order valence-electron chi connectivity index (χ1n) is 5.21. The molecule has 0 radical (unpaired) electrons. The maximum Gasteiger partial charge on any atom is 0.101 e. The summed E-state index contributed by atoms with van der Waals surface area (Å²) in [6, 6.07) is 10.2. The van der Waals surface area contributed by atoms with Gasteiger partial charge in [-0.05, 0) is 27.1 Å². The number of halogens is 1. The molecule has 4 heteroatoms. The van der Waals surface area contributed by atoms with E-state index in [4.69, 9.17) is 11.0 Å². The van der Waals surface area contributed by atoms with E-state index in [0.29, 0.717) is 12.1 Å². The quantitative estimate of drug-likeness (QED) is 0.924. The molecule has 0 fully saturated rings. The van der Waals surface area contributed by atoms with Crippen molar-refractivity contribution in [1.29, 1.82) is 5.26 Å². The van der Waals surface area contributed by atoms with Crippen LogP contribution in [0.25, 0.3) is 11.1 Å². The number of rotatable bonds is 2. The van der Waals surface area contributed by atoms with Crippen LogP contribution < -0.4 is 5.73 Å². The van der Waals surface area contributed by atoms with Crippen molar-refractivity contribution in [2.24, 2.45) is 12.8 Å². The molecule has 3 nitrogen and oxygen atoms in total. The number of nitriles is 1. The summed E-state index contributed by atoms with van der Waals surface area (Å²) in [6.45, 7) is 0.529. The monoisotopic (exact) mass is 289 g/mol. The van der Waals surface area contributed by atoms with E-state index in [1.165, 1.54) is 0 Å². The van der Waals surface area contributed by atoms with Crippen LogP contribution in [0, 0.1) is 11.3 Å². The zero-order valence-electron chi connectivity index (χ0n) is 9.44. The van der Waals surface area contributed by atoms with Gasteiger partial charge in [-0.3, -0.25) is 0 Å². The number of aryl methyl sites for hydroxylation is 1. The van der Waals surface area contributed by atoms with Crippen LogP contribution in [0.4, 0.5) is 0 Å². The van der Waals surface area contributed by atoms with E-state index in [1.54, 1.807) is 0 Å². The lowest BCUT2D eigenvalue weighted by molar-refractivity contribution is 0.902. The van der Waals surface area contributed by atoms with E-state index in [9.17, 15) is 0 Å². The number of hydrogen-bond acceptors (Lipinski definition) is 2. The lowest BCUT2D eigenvalue weighted by Gasteiger charge is -2.03. The Morgan fingerprint density at radius 2 is 2.00 bits per heavy atom. The van der Waals surface area contributed by atoms with Gasteiger partial charge in [0.1, 0.15) is 6.07 Å². The Morgan fingerprint density at radius 3 is 2.53 bits per heavy atom.